The molecule has 0 radical (unpaired) electrons. The molecule has 11 heavy (non-hydrogen) atoms. The Kier molecular flexibility index (Phi) is 3.82. The summed E-state index contributed by atoms with van der Waals surface area (Å²) in [6.07, 6.45) is 2.53. The number of hydrogen-bond donors (Lipinski definition) is 2. The van der Waals surface area contributed by atoms with Gasteiger partial charge in [-0.05, 0) is 20.3 Å². The summed E-state index contributed by atoms with van der Waals surface area (Å²) in [6.45, 7) is 7.50. The lowest BCUT2D eigenvalue weighted by Crippen LogP contribution is -2.49. The van der Waals surface area contributed by atoms with Gasteiger partial charge in [-0.3, -0.25) is 4.79 Å². The van der Waals surface area contributed by atoms with Gasteiger partial charge < -0.3 is 11.1 Å². The molecule has 3 N–H and O–H groups in total. The van der Waals surface area contributed by atoms with E-state index in [1.165, 1.54) is 0 Å². The maximum Gasteiger partial charge on any atom is 0.239 e. The number of carbonyl (C=O) groups excluding carboxylic acids is 1. The van der Waals surface area contributed by atoms with Gasteiger partial charge in [0, 0.05) is 6.54 Å². The minimum Gasteiger partial charge on any atom is -0.354 e. The summed E-state index contributed by atoms with van der Waals surface area (Å²) in [5, 5.41) is 2.69. The van der Waals surface area contributed by atoms with Gasteiger partial charge in [0.15, 0.2) is 0 Å². The van der Waals surface area contributed by atoms with Crippen LogP contribution in [-0.2, 0) is 4.79 Å². The highest BCUT2D eigenvalue weighted by Gasteiger charge is 2.20. The zero-order valence-corrected chi connectivity index (χ0v) is 7.18. The Hall–Kier alpha value is -0.830. The van der Waals surface area contributed by atoms with Gasteiger partial charge in [-0.25, -0.2) is 0 Å². The van der Waals surface area contributed by atoms with E-state index in [9.17, 15) is 4.79 Å². The molecule has 0 heterocycles. The zero-order chi connectivity index (χ0) is 8.91. The van der Waals surface area contributed by atoms with Crippen molar-refractivity contribution < 1.29 is 4.79 Å². The number of hydrogen-bond acceptors (Lipinski definition) is 2. The number of rotatable bonds is 4. The van der Waals surface area contributed by atoms with E-state index in [1.54, 1.807) is 19.9 Å². The van der Waals surface area contributed by atoms with Crippen molar-refractivity contribution in [2.45, 2.75) is 25.8 Å². The Bertz CT molecular complexity index is 147. The van der Waals surface area contributed by atoms with Crippen LogP contribution in [0.15, 0.2) is 12.7 Å². The first kappa shape index (κ1) is 10.2. The number of nitrogens with two attached hydrogens (primary N) is 1. The fourth-order valence-corrected chi connectivity index (χ4v) is 0.516. The quantitative estimate of drug-likeness (QED) is 0.457. The zero-order valence-electron chi connectivity index (χ0n) is 7.18. The van der Waals surface area contributed by atoms with Gasteiger partial charge in [0.25, 0.3) is 0 Å². The van der Waals surface area contributed by atoms with Gasteiger partial charge >= 0.3 is 0 Å². The number of amides is 1. The van der Waals surface area contributed by atoms with Crippen LogP contribution in [0.5, 0.6) is 0 Å². The molecular weight excluding hydrogens is 140 g/mol. The molecule has 0 aliphatic carbocycles. The van der Waals surface area contributed by atoms with E-state index in [1.807, 2.05) is 0 Å². The molecule has 0 saturated heterocycles. The van der Waals surface area contributed by atoms with E-state index in [-0.39, 0.29) is 5.91 Å². The first-order valence-electron chi connectivity index (χ1n) is 3.66. The predicted molar refractivity (Wildman–Crippen MR) is 46.1 cm³/mol. The second-order valence-electron chi connectivity index (χ2n) is 3.05. The van der Waals surface area contributed by atoms with Gasteiger partial charge in [-0.2, -0.15) is 0 Å². The van der Waals surface area contributed by atoms with E-state index in [4.69, 9.17) is 5.73 Å². The topological polar surface area (TPSA) is 55.1 Å². The summed E-state index contributed by atoms with van der Waals surface area (Å²) in [5.74, 6) is -0.126. The summed E-state index contributed by atoms with van der Waals surface area (Å²) >= 11 is 0. The van der Waals surface area contributed by atoms with Crippen molar-refractivity contribution >= 4 is 5.91 Å². The van der Waals surface area contributed by atoms with Crippen molar-refractivity contribution in [2.24, 2.45) is 5.73 Å². The minimum absolute atomic E-state index is 0.126. The van der Waals surface area contributed by atoms with Gasteiger partial charge in [0.05, 0.1) is 5.54 Å². The molecule has 0 aromatic rings. The average Bonchev–Trinajstić information content (AvgIpc) is 1.86. The highest BCUT2D eigenvalue weighted by molar-refractivity contribution is 5.84. The second kappa shape index (κ2) is 4.13. The van der Waals surface area contributed by atoms with E-state index in [0.717, 1.165) is 6.42 Å². The summed E-state index contributed by atoms with van der Waals surface area (Å²) < 4.78 is 0. The fraction of sp³-hybridized carbons (Fsp3) is 0.625. The minimum atomic E-state index is -0.777. The van der Waals surface area contributed by atoms with Crippen LogP contribution in [0.1, 0.15) is 20.3 Å². The molecule has 0 aliphatic heterocycles. The lowest BCUT2D eigenvalue weighted by Gasteiger charge is -2.17. The van der Waals surface area contributed by atoms with Gasteiger partial charge in [-0.15, -0.1) is 6.58 Å². The van der Waals surface area contributed by atoms with E-state index in [2.05, 4.69) is 11.9 Å². The molecule has 0 rings (SSSR count). The maximum absolute atomic E-state index is 11.1. The molecule has 3 nitrogen and oxygen atoms in total. The third kappa shape index (κ3) is 4.56. The summed E-state index contributed by atoms with van der Waals surface area (Å²) in [4.78, 5) is 11.1. The summed E-state index contributed by atoms with van der Waals surface area (Å²) in [7, 11) is 0. The molecule has 3 heteroatoms. The first-order chi connectivity index (χ1) is 4.98. The highest BCUT2D eigenvalue weighted by atomic mass is 16.2. The van der Waals surface area contributed by atoms with Gasteiger partial charge in [0.2, 0.25) is 5.91 Å². The molecule has 0 saturated carbocycles. The van der Waals surface area contributed by atoms with Crippen LogP contribution in [-0.4, -0.2) is 18.0 Å². The Morgan fingerprint density at radius 1 is 1.73 bits per heavy atom. The average molecular weight is 156 g/mol. The molecule has 0 bridgehead atoms. The Labute approximate surface area is 67.7 Å². The first-order valence-corrected chi connectivity index (χ1v) is 3.66. The molecule has 0 aliphatic rings. The van der Waals surface area contributed by atoms with Gasteiger partial charge in [-0.1, -0.05) is 6.08 Å². The van der Waals surface area contributed by atoms with Crippen molar-refractivity contribution in [1.29, 1.82) is 0 Å². The SMILES string of the molecule is C=CCCNC(=O)C(C)(C)N. The predicted octanol–water partition coefficient (Wildman–Crippen LogP) is 0.416. The number of nitrogens with one attached hydrogen (secondary N) is 1. The van der Waals surface area contributed by atoms with Crippen LogP contribution >= 0.6 is 0 Å². The molecule has 0 fully saturated rings. The molecule has 64 valence electrons. The maximum atomic E-state index is 11.1. The van der Waals surface area contributed by atoms with Crippen LogP contribution in [0.25, 0.3) is 0 Å². The van der Waals surface area contributed by atoms with Crippen molar-refractivity contribution in [1.82, 2.24) is 5.32 Å². The molecule has 0 unspecified atom stereocenters. The summed E-state index contributed by atoms with van der Waals surface area (Å²) in [5.41, 5.74) is 4.75. The number of carbonyl (C=O) groups is 1. The van der Waals surface area contributed by atoms with Crippen LogP contribution in [0.4, 0.5) is 0 Å². The monoisotopic (exact) mass is 156 g/mol. The third-order valence-electron chi connectivity index (χ3n) is 1.22. The van der Waals surface area contributed by atoms with E-state index < -0.39 is 5.54 Å². The third-order valence-corrected chi connectivity index (χ3v) is 1.22. The standard InChI is InChI=1S/C8H16N2O/c1-4-5-6-10-7(11)8(2,3)9/h4H,1,5-6,9H2,2-3H3,(H,10,11). The van der Waals surface area contributed by atoms with Crippen molar-refractivity contribution in [2.75, 3.05) is 6.54 Å². The molecule has 1 amide bonds. The van der Waals surface area contributed by atoms with E-state index in [0.29, 0.717) is 6.54 Å². The molecule has 0 atom stereocenters. The van der Waals surface area contributed by atoms with Crippen molar-refractivity contribution in [3.63, 3.8) is 0 Å². The lowest BCUT2D eigenvalue weighted by molar-refractivity contribution is -0.125. The molecule has 0 spiro atoms. The normalized spacial score (nSPS) is 10.8. The van der Waals surface area contributed by atoms with E-state index >= 15 is 0 Å². The van der Waals surface area contributed by atoms with Crippen molar-refractivity contribution in [3.05, 3.63) is 12.7 Å². The largest absolute Gasteiger partial charge is 0.354 e. The van der Waals surface area contributed by atoms with Crippen LogP contribution < -0.4 is 11.1 Å². The van der Waals surface area contributed by atoms with Crippen LogP contribution in [0.2, 0.25) is 0 Å². The second-order valence-corrected chi connectivity index (χ2v) is 3.05. The highest BCUT2D eigenvalue weighted by Crippen LogP contribution is 1.95. The van der Waals surface area contributed by atoms with Crippen LogP contribution in [0.3, 0.4) is 0 Å². The molecular formula is C8H16N2O. The Morgan fingerprint density at radius 3 is 2.64 bits per heavy atom. The fourth-order valence-electron chi connectivity index (χ4n) is 0.516. The Balaban J connectivity index is 3.62. The van der Waals surface area contributed by atoms with Gasteiger partial charge in [0.1, 0.15) is 0 Å². The molecule has 0 aromatic carbocycles. The Morgan fingerprint density at radius 2 is 2.27 bits per heavy atom. The smallest absolute Gasteiger partial charge is 0.239 e. The summed E-state index contributed by atoms with van der Waals surface area (Å²) in [6, 6.07) is 0. The lowest BCUT2D eigenvalue weighted by atomic mass is 10.1. The van der Waals surface area contributed by atoms with Crippen LogP contribution in [0, 0.1) is 0 Å². The van der Waals surface area contributed by atoms with Crippen molar-refractivity contribution in [3.8, 4) is 0 Å². The molecule has 0 aromatic heterocycles.